The van der Waals surface area contributed by atoms with E-state index in [1.54, 1.807) is 0 Å². The van der Waals surface area contributed by atoms with Gasteiger partial charge in [-0.2, -0.15) is 0 Å². The van der Waals surface area contributed by atoms with Crippen molar-refractivity contribution in [2.24, 2.45) is 0 Å². The SMILES string of the molecule is CCn1c(S[C@H](C)C(=O)Nc2ccc(C)cc2C)nnc1-c1ccc(Cl)cc1. The van der Waals surface area contributed by atoms with Gasteiger partial charge >= 0.3 is 0 Å². The van der Waals surface area contributed by atoms with Gasteiger partial charge in [-0.1, -0.05) is 41.1 Å². The van der Waals surface area contributed by atoms with E-state index in [1.165, 1.54) is 17.3 Å². The summed E-state index contributed by atoms with van der Waals surface area (Å²) in [6, 6.07) is 13.5. The predicted molar refractivity (Wildman–Crippen MR) is 116 cm³/mol. The monoisotopic (exact) mass is 414 g/mol. The van der Waals surface area contributed by atoms with E-state index < -0.39 is 0 Å². The number of thioether (sulfide) groups is 1. The molecule has 28 heavy (non-hydrogen) atoms. The fourth-order valence-corrected chi connectivity index (χ4v) is 3.91. The van der Waals surface area contributed by atoms with E-state index in [2.05, 4.69) is 21.6 Å². The second kappa shape index (κ2) is 8.80. The molecule has 1 N–H and O–H groups in total. The Labute approximate surface area is 174 Å². The maximum atomic E-state index is 12.7. The number of nitrogens with zero attached hydrogens (tertiary/aromatic N) is 3. The molecule has 1 heterocycles. The number of aryl methyl sites for hydroxylation is 2. The van der Waals surface area contributed by atoms with Crippen LogP contribution in [0.15, 0.2) is 47.6 Å². The molecule has 0 saturated carbocycles. The summed E-state index contributed by atoms with van der Waals surface area (Å²) in [6.45, 7) is 8.64. The Morgan fingerprint density at radius 2 is 1.89 bits per heavy atom. The van der Waals surface area contributed by atoms with Crippen molar-refractivity contribution in [3.05, 3.63) is 58.6 Å². The number of anilines is 1. The van der Waals surface area contributed by atoms with Gasteiger partial charge in [0, 0.05) is 22.8 Å². The number of benzene rings is 2. The normalized spacial score (nSPS) is 12.0. The van der Waals surface area contributed by atoms with Crippen molar-refractivity contribution in [1.82, 2.24) is 14.8 Å². The van der Waals surface area contributed by atoms with Gasteiger partial charge in [0.2, 0.25) is 5.91 Å². The van der Waals surface area contributed by atoms with Crippen molar-refractivity contribution in [3.63, 3.8) is 0 Å². The summed E-state index contributed by atoms with van der Waals surface area (Å²) in [7, 11) is 0. The van der Waals surface area contributed by atoms with Gasteiger partial charge in [0.25, 0.3) is 0 Å². The minimum atomic E-state index is -0.312. The Balaban J connectivity index is 1.75. The van der Waals surface area contributed by atoms with Crippen molar-refractivity contribution >= 4 is 35.0 Å². The number of amides is 1. The Hall–Kier alpha value is -2.31. The van der Waals surface area contributed by atoms with Crippen LogP contribution < -0.4 is 5.32 Å². The molecular formula is C21H23ClN4OS. The molecule has 1 atom stereocenters. The first-order valence-corrected chi connectivity index (χ1v) is 10.4. The van der Waals surface area contributed by atoms with E-state index in [1.807, 2.05) is 68.7 Å². The van der Waals surface area contributed by atoms with Crippen LogP contribution in [0, 0.1) is 13.8 Å². The zero-order valence-electron chi connectivity index (χ0n) is 16.4. The molecule has 0 unspecified atom stereocenters. The van der Waals surface area contributed by atoms with Gasteiger partial charge in [0.15, 0.2) is 11.0 Å². The summed E-state index contributed by atoms with van der Waals surface area (Å²) in [5.41, 5.74) is 4.00. The highest BCUT2D eigenvalue weighted by Gasteiger charge is 2.20. The van der Waals surface area contributed by atoms with Gasteiger partial charge < -0.3 is 9.88 Å². The lowest BCUT2D eigenvalue weighted by Gasteiger charge is -2.14. The number of halogens is 1. The van der Waals surface area contributed by atoms with E-state index in [9.17, 15) is 4.79 Å². The summed E-state index contributed by atoms with van der Waals surface area (Å²) in [5.74, 6) is 0.708. The van der Waals surface area contributed by atoms with Crippen molar-refractivity contribution in [1.29, 1.82) is 0 Å². The highest BCUT2D eigenvalue weighted by Crippen LogP contribution is 2.28. The summed E-state index contributed by atoms with van der Waals surface area (Å²) < 4.78 is 2.01. The van der Waals surface area contributed by atoms with Crippen LogP contribution in [-0.4, -0.2) is 25.9 Å². The second-order valence-electron chi connectivity index (χ2n) is 6.63. The van der Waals surface area contributed by atoms with Crippen molar-refractivity contribution in [2.45, 2.75) is 44.6 Å². The number of carbonyl (C=O) groups is 1. The van der Waals surface area contributed by atoms with Crippen LogP contribution >= 0.6 is 23.4 Å². The van der Waals surface area contributed by atoms with Crippen LogP contribution in [0.1, 0.15) is 25.0 Å². The van der Waals surface area contributed by atoms with Crippen LogP contribution in [0.2, 0.25) is 5.02 Å². The molecular weight excluding hydrogens is 392 g/mol. The van der Waals surface area contributed by atoms with Crippen LogP contribution in [-0.2, 0) is 11.3 Å². The third kappa shape index (κ3) is 4.56. The van der Waals surface area contributed by atoms with Gasteiger partial charge in [-0.15, -0.1) is 10.2 Å². The molecule has 0 radical (unpaired) electrons. The van der Waals surface area contributed by atoms with E-state index in [-0.39, 0.29) is 11.2 Å². The van der Waals surface area contributed by atoms with Gasteiger partial charge in [0.1, 0.15) is 0 Å². The average Bonchev–Trinajstić information content (AvgIpc) is 3.07. The highest BCUT2D eigenvalue weighted by molar-refractivity contribution is 8.00. The molecule has 0 fully saturated rings. The molecule has 0 saturated heterocycles. The Bertz CT molecular complexity index is 985. The van der Waals surface area contributed by atoms with Gasteiger partial charge in [-0.3, -0.25) is 4.79 Å². The Morgan fingerprint density at radius 1 is 1.18 bits per heavy atom. The molecule has 3 aromatic rings. The summed E-state index contributed by atoms with van der Waals surface area (Å²) in [6.07, 6.45) is 0. The number of hydrogen-bond donors (Lipinski definition) is 1. The molecule has 5 nitrogen and oxygen atoms in total. The minimum Gasteiger partial charge on any atom is -0.325 e. The summed E-state index contributed by atoms with van der Waals surface area (Å²) >= 11 is 7.38. The summed E-state index contributed by atoms with van der Waals surface area (Å²) in [5, 5.41) is 12.7. The second-order valence-corrected chi connectivity index (χ2v) is 8.37. The van der Waals surface area contributed by atoms with Crippen LogP contribution in [0.4, 0.5) is 5.69 Å². The first kappa shape index (κ1) is 20.4. The molecule has 7 heteroatoms. The summed E-state index contributed by atoms with van der Waals surface area (Å²) in [4.78, 5) is 12.7. The Morgan fingerprint density at radius 3 is 2.54 bits per heavy atom. The quantitative estimate of drug-likeness (QED) is 0.552. The molecule has 0 aliphatic heterocycles. The van der Waals surface area contributed by atoms with Crippen LogP contribution in [0.3, 0.4) is 0 Å². The van der Waals surface area contributed by atoms with E-state index in [0.29, 0.717) is 11.6 Å². The number of hydrogen-bond acceptors (Lipinski definition) is 4. The van der Waals surface area contributed by atoms with E-state index in [4.69, 9.17) is 11.6 Å². The fourth-order valence-electron chi connectivity index (χ4n) is 2.87. The lowest BCUT2D eigenvalue weighted by atomic mass is 10.1. The molecule has 1 aromatic heterocycles. The zero-order chi connectivity index (χ0) is 20.3. The molecule has 0 aliphatic rings. The first-order chi connectivity index (χ1) is 13.4. The molecule has 0 aliphatic carbocycles. The standard InChI is InChI=1S/C21H23ClN4OS/c1-5-26-19(16-7-9-17(22)10-8-16)24-25-21(26)28-15(4)20(27)23-18-11-6-13(2)12-14(18)3/h6-12,15H,5H2,1-4H3,(H,23,27)/t15-/m1/s1. The van der Waals surface area contributed by atoms with Crippen molar-refractivity contribution < 1.29 is 4.79 Å². The molecule has 146 valence electrons. The zero-order valence-corrected chi connectivity index (χ0v) is 17.9. The third-order valence-electron chi connectivity index (χ3n) is 4.43. The smallest absolute Gasteiger partial charge is 0.237 e. The largest absolute Gasteiger partial charge is 0.325 e. The van der Waals surface area contributed by atoms with Crippen LogP contribution in [0.25, 0.3) is 11.4 Å². The van der Waals surface area contributed by atoms with Gasteiger partial charge in [0.05, 0.1) is 5.25 Å². The number of nitrogens with one attached hydrogen (secondary N) is 1. The van der Waals surface area contributed by atoms with Gasteiger partial charge in [-0.25, -0.2) is 0 Å². The number of carbonyl (C=O) groups excluding carboxylic acids is 1. The minimum absolute atomic E-state index is 0.0596. The Kier molecular flexibility index (Phi) is 6.42. The lowest BCUT2D eigenvalue weighted by molar-refractivity contribution is -0.115. The molecule has 1 amide bonds. The van der Waals surface area contributed by atoms with Crippen LogP contribution in [0.5, 0.6) is 0 Å². The maximum Gasteiger partial charge on any atom is 0.237 e. The van der Waals surface area contributed by atoms with Crippen molar-refractivity contribution in [3.8, 4) is 11.4 Å². The third-order valence-corrected chi connectivity index (χ3v) is 5.76. The molecule has 0 spiro atoms. The lowest BCUT2D eigenvalue weighted by Crippen LogP contribution is -2.23. The van der Waals surface area contributed by atoms with Gasteiger partial charge in [-0.05, 0) is 63.6 Å². The molecule has 3 rings (SSSR count). The topological polar surface area (TPSA) is 59.8 Å². The number of rotatable bonds is 6. The molecule has 2 aromatic carbocycles. The number of aromatic nitrogens is 3. The van der Waals surface area contributed by atoms with E-state index >= 15 is 0 Å². The fraction of sp³-hybridized carbons (Fsp3) is 0.286. The highest BCUT2D eigenvalue weighted by atomic mass is 35.5. The first-order valence-electron chi connectivity index (χ1n) is 9.13. The van der Waals surface area contributed by atoms with E-state index in [0.717, 1.165) is 27.8 Å². The maximum absolute atomic E-state index is 12.7. The molecule has 0 bridgehead atoms. The predicted octanol–water partition coefficient (Wildman–Crippen LogP) is 5.35. The van der Waals surface area contributed by atoms with Crippen molar-refractivity contribution in [2.75, 3.05) is 5.32 Å². The average molecular weight is 415 g/mol.